The molecule has 4 nitrogen and oxygen atoms in total. The second kappa shape index (κ2) is 12.3. The van der Waals surface area contributed by atoms with Crippen LogP contribution >= 0.6 is 0 Å². The zero-order chi connectivity index (χ0) is 22.6. The highest BCUT2D eigenvalue weighted by atomic mass is 16.5. The number of rotatable bonds is 12. The van der Waals surface area contributed by atoms with E-state index < -0.39 is 0 Å². The molecule has 4 heteroatoms. The Hall–Kier alpha value is -3.66. The van der Waals surface area contributed by atoms with Crippen LogP contribution in [0.15, 0.2) is 91.5 Å². The number of benzene rings is 3. The molecule has 0 atom stereocenters. The van der Waals surface area contributed by atoms with E-state index in [1.165, 1.54) is 6.08 Å². The summed E-state index contributed by atoms with van der Waals surface area (Å²) in [7, 11) is 0. The van der Waals surface area contributed by atoms with Crippen LogP contribution in [0.4, 0.5) is 0 Å². The summed E-state index contributed by atoms with van der Waals surface area (Å²) in [4.78, 5) is 23.7. The molecule has 0 saturated carbocycles. The predicted octanol–water partition coefficient (Wildman–Crippen LogP) is 6.25. The first-order valence-electron chi connectivity index (χ1n) is 10.9. The van der Waals surface area contributed by atoms with Gasteiger partial charge in [0.1, 0.15) is 5.75 Å². The summed E-state index contributed by atoms with van der Waals surface area (Å²) in [6.45, 7) is 4.40. The molecule has 0 unspecified atom stereocenters. The number of ketones is 1. The normalized spacial score (nSPS) is 10.4. The van der Waals surface area contributed by atoms with Gasteiger partial charge in [-0.2, -0.15) is 0 Å². The Morgan fingerprint density at radius 3 is 1.88 bits per heavy atom. The molecule has 0 heterocycles. The van der Waals surface area contributed by atoms with E-state index in [1.54, 1.807) is 12.1 Å². The van der Waals surface area contributed by atoms with E-state index in [-0.39, 0.29) is 11.8 Å². The molecule has 0 aliphatic carbocycles. The maximum atomic E-state index is 12.8. The van der Waals surface area contributed by atoms with Gasteiger partial charge in [-0.3, -0.25) is 4.79 Å². The smallest absolute Gasteiger partial charge is 0.330 e. The van der Waals surface area contributed by atoms with E-state index in [4.69, 9.17) is 9.47 Å². The van der Waals surface area contributed by atoms with Crippen LogP contribution in [0, 0.1) is 0 Å². The fraction of sp³-hybridized carbons (Fsp3) is 0.214. The van der Waals surface area contributed by atoms with Gasteiger partial charge in [-0.05, 0) is 61.1 Å². The highest BCUT2D eigenvalue weighted by molar-refractivity contribution is 6.09. The zero-order valence-electron chi connectivity index (χ0n) is 18.2. The average molecular weight is 429 g/mol. The quantitative estimate of drug-likeness (QED) is 0.148. The van der Waals surface area contributed by atoms with Gasteiger partial charge in [-0.25, -0.2) is 4.79 Å². The third-order valence-corrected chi connectivity index (χ3v) is 5.09. The molecule has 0 amide bonds. The van der Waals surface area contributed by atoms with Gasteiger partial charge >= 0.3 is 5.97 Å². The molecule has 0 aliphatic heterocycles. The van der Waals surface area contributed by atoms with Gasteiger partial charge in [0.05, 0.1) is 13.2 Å². The van der Waals surface area contributed by atoms with Crippen molar-refractivity contribution in [3.8, 4) is 16.9 Å². The van der Waals surface area contributed by atoms with Crippen molar-refractivity contribution >= 4 is 11.8 Å². The first-order chi connectivity index (χ1) is 15.7. The largest absolute Gasteiger partial charge is 0.494 e. The van der Waals surface area contributed by atoms with Gasteiger partial charge in [0.2, 0.25) is 0 Å². The molecule has 0 bridgehead atoms. The van der Waals surface area contributed by atoms with Crippen molar-refractivity contribution < 1.29 is 19.1 Å². The Bertz CT molecular complexity index is 1010. The number of hydrogen-bond acceptors (Lipinski definition) is 4. The van der Waals surface area contributed by atoms with Crippen LogP contribution in [0.1, 0.15) is 41.6 Å². The molecule has 3 rings (SSSR count). The van der Waals surface area contributed by atoms with Crippen LogP contribution in [0.5, 0.6) is 5.75 Å². The monoisotopic (exact) mass is 428 g/mol. The van der Waals surface area contributed by atoms with Crippen LogP contribution in [0.3, 0.4) is 0 Å². The number of carbonyl (C=O) groups excluding carboxylic acids is 2. The predicted molar refractivity (Wildman–Crippen MR) is 127 cm³/mol. The van der Waals surface area contributed by atoms with Gasteiger partial charge in [0.15, 0.2) is 5.78 Å². The zero-order valence-corrected chi connectivity index (χ0v) is 18.2. The first kappa shape index (κ1) is 23.0. The molecule has 0 saturated heterocycles. The molecule has 0 radical (unpaired) electrons. The summed E-state index contributed by atoms with van der Waals surface area (Å²) < 4.78 is 10.7. The van der Waals surface area contributed by atoms with Crippen molar-refractivity contribution in [3.05, 3.63) is 103 Å². The second-order valence-electron chi connectivity index (χ2n) is 7.43. The number of ether oxygens (including phenoxy) is 2. The molecule has 0 aromatic heterocycles. The van der Waals surface area contributed by atoms with Crippen molar-refractivity contribution in [2.24, 2.45) is 0 Å². The molecule has 3 aromatic rings. The molecule has 3 aromatic carbocycles. The molecule has 0 aliphatic rings. The molecule has 32 heavy (non-hydrogen) atoms. The fourth-order valence-electron chi connectivity index (χ4n) is 3.29. The lowest BCUT2D eigenvalue weighted by Gasteiger charge is -2.08. The lowest BCUT2D eigenvalue weighted by molar-refractivity contribution is -0.137. The van der Waals surface area contributed by atoms with Gasteiger partial charge in [-0.1, -0.05) is 61.2 Å². The molecular weight excluding hydrogens is 400 g/mol. The Morgan fingerprint density at radius 2 is 1.25 bits per heavy atom. The first-order valence-corrected chi connectivity index (χ1v) is 10.9. The second-order valence-corrected chi connectivity index (χ2v) is 7.43. The van der Waals surface area contributed by atoms with E-state index in [1.807, 2.05) is 54.6 Å². The number of carbonyl (C=O) groups is 2. The topological polar surface area (TPSA) is 52.6 Å². The number of esters is 1. The highest BCUT2D eigenvalue weighted by Gasteiger charge is 2.09. The van der Waals surface area contributed by atoms with E-state index in [0.29, 0.717) is 24.3 Å². The fourth-order valence-corrected chi connectivity index (χ4v) is 3.29. The Labute approximate surface area is 189 Å². The van der Waals surface area contributed by atoms with Crippen molar-refractivity contribution in [1.29, 1.82) is 0 Å². The van der Waals surface area contributed by atoms with Crippen LogP contribution in [-0.4, -0.2) is 25.0 Å². The summed E-state index contributed by atoms with van der Waals surface area (Å²) in [6.07, 6.45) is 4.91. The maximum absolute atomic E-state index is 12.8. The lowest BCUT2D eigenvalue weighted by atomic mass is 9.99. The highest BCUT2D eigenvalue weighted by Crippen LogP contribution is 2.21. The van der Waals surface area contributed by atoms with Crippen molar-refractivity contribution in [2.45, 2.75) is 25.7 Å². The summed E-state index contributed by atoms with van der Waals surface area (Å²) >= 11 is 0. The number of hydrogen-bond donors (Lipinski definition) is 0. The van der Waals surface area contributed by atoms with Gasteiger partial charge in [0.25, 0.3) is 0 Å². The van der Waals surface area contributed by atoms with Crippen LogP contribution in [0.25, 0.3) is 11.1 Å². The van der Waals surface area contributed by atoms with Gasteiger partial charge in [-0.15, -0.1) is 0 Å². The summed E-state index contributed by atoms with van der Waals surface area (Å²) in [6, 6.07) is 25.1. The van der Waals surface area contributed by atoms with E-state index in [9.17, 15) is 9.59 Å². The minimum atomic E-state index is -0.375. The van der Waals surface area contributed by atoms with Crippen LogP contribution in [0.2, 0.25) is 0 Å². The lowest BCUT2D eigenvalue weighted by Crippen LogP contribution is -2.03. The molecule has 0 fully saturated rings. The molecule has 164 valence electrons. The maximum Gasteiger partial charge on any atom is 0.330 e. The summed E-state index contributed by atoms with van der Waals surface area (Å²) in [5.74, 6) is 0.369. The van der Waals surface area contributed by atoms with Crippen molar-refractivity contribution in [3.63, 3.8) is 0 Å². The van der Waals surface area contributed by atoms with Gasteiger partial charge in [0, 0.05) is 17.2 Å². The van der Waals surface area contributed by atoms with Crippen LogP contribution in [-0.2, 0) is 9.53 Å². The Morgan fingerprint density at radius 1 is 0.688 bits per heavy atom. The van der Waals surface area contributed by atoms with Crippen LogP contribution < -0.4 is 4.74 Å². The van der Waals surface area contributed by atoms with Crippen molar-refractivity contribution in [2.75, 3.05) is 13.2 Å². The van der Waals surface area contributed by atoms with E-state index >= 15 is 0 Å². The third-order valence-electron chi connectivity index (χ3n) is 5.09. The molecule has 0 N–H and O–H groups in total. The SMILES string of the molecule is C=CC(=O)OCCCCCCOc1ccc(C(=O)c2ccc(-c3ccccc3)cc2)cc1. The third kappa shape index (κ3) is 6.95. The average Bonchev–Trinajstić information content (AvgIpc) is 2.86. The Balaban J connectivity index is 1.41. The van der Waals surface area contributed by atoms with E-state index in [2.05, 4.69) is 18.7 Å². The standard InChI is InChI=1S/C28H28O4/c1-2-27(29)32-21-9-4-3-8-20-31-26-18-16-25(17-19-26)28(30)24-14-12-23(13-15-24)22-10-6-5-7-11-22/h2,5-7,10-19H,1,3-4,8-9,20-21H2. The summed E-state index contributed by atoms with van der Waals surface area (Å²) in [5, 5.41) is 0. The van der Waals surface area contributed by atoms with E-state index in [0.717, 1.165) is 42.6 Å². The number of unbranched alkanes of at least 4 members (excludes halogenated alkanes) is 3. The minimum Gasteiger partial charge on any atom is -0.494 e. The molecule has 0 spiro atoms. The van der Waals surface area contributed by atoms with Gasteiger partial charge < -0.3 is 9.47 Å². The molecular formula is C28H28O4. The minimum absolute atomic E-state index is 0.00619. The summed E-state index contributed by atoms with van der Waals surface area (Å²) in [5.41, 5.74) is 3.52. The van der Waals surface area contributed by atoms with Crippen molar-refractivity contribution in [1.82, 2.24) is 0 Å². The Kier molecular flexibility index (Phi) is 8.81.